The molecular weight excluding hydrogens is 319 g/mol. The van der Waals surface area contributed by atoms with Crippen molar-refractivity contribution in [1.29, 1.82) is 0 Å². The second kappa shape index (κ2) is 8.20. The molecule has 1 aromatic rings. The summed E-state index contributed by atoms with van der Waals surface area (Å²) in [6, 6.07) is 3.66. The van der Waals surface area contributed by atoms with Gasteiger partial charge in [-0.1, -0.05) is 18.0 Å². The van der Waals surface area contributed by atoms with Crippen LogP contribution in [0.4, 0.5) is 0 Å². The van der Waals surface area contributed by atoms with E-state index >= 15 is 0 Å². The Kier molecular flexibility index (Phi) is 7.26. The van der Waals surface area contributed by atoms with Gasteiger partial charge in [-0.3, -0.25) is 4.79 Å². The number of carbonyl (C=O) groups excluding carboxylic acids is 1. The van der Waals surface area contributed by atoms with Crippen molar-refractivity contribution in [3.63, 3.8) is 0 Å². The standard InChI is InChI=1S/C13H19ClN2O2S.ClH/c14-12-5-4-11(19-12)10(17)7-16-13(18)6-8-2-1-3-9(8)15;/h4-5,8-10,17H,1-3,6-7,15H2,(H,16,18);1H/t8-,9+,10?;/m0./s1. The number of nitrogens with one attached hydrogen (secondary N) is 1. The van der Waals surface area contributed by atoms with E-state index in [-0.39, 0.29) is 36.8 Å². The first kappa shape index (κ1) is 17.7. The third kappa shape index (κ3) is 4.90. The summed E-state index contributed by atoms with van der Waals surface area (Å²) in [7, 11) is 0. The molecule has 4 nitrogen and oxygen atoms in total. The van der Waals surface area contributed by atoms with Gasteiger partial charge in [0.2, 0.25) is 5.91 Å². The van der Waals surface area contributed by atoms with E-state index in [1.807, 2.05) is 0 Å². The van der Waals surface area contributed by atoms with E-state index in [4.69, 9.17) is 17.3 Å². The second-order valence-electron chi connectivity index (χ2n) is 5.02. The van der Waals surface area contributed by atoms with Gasteiger partial charge in [0.1, 0.15) is 6.10 Å². The molecule has 0 saturated heterocycles. The number of thiophene rings is 1. The van der Waals surface area contributed by atoms with Crippen molar-refractivity contribution in [2.45, 2.75) is 37.8 Å². The number of aliphatic hydroxyl groups is 1. The van der Waals surface area contributed by atoms with Gasteiger partial charge in [-0.15, -0.1) is 23.7 Å². The maximum atomic E-state index is 11.8. The first-order chi connectivity index (χ1) is 9.06. The molecule has 0 spiro atoms. The molecular formula is C13H20Cl2N2O2S. The molecule has 3 atom stereocenters. The number of hydrogen-bond donors (Lipinski definition) is 3. The highest BCUT2D eigenvalue weighted by atomic mass is 35.5. The molecule has 1 saturated carbocycles. The summed E-state index contributed by atoms with van der Waals surface area (Å²) in [6.07, 6.45) is 2.90. The molecule has 1 unspecified atom stereocenters. The van der Waals surface area contributed by atoms with Crippen LogP contribution in [0.2, 0.25) is 4.34 Å². The Labute approximate surface area is 134 Å². The lowest BCUT2D eigenvalue weighted by atomic mass is 10.00. The molecule has 0 radical (unpaired) electrons. The fourth-order valence-electron chi connectivity index (χ4n) is 2.45. The van der Waals surface area contributed by atoms with Crippen molar-refractivity contribution < 1.29 is 9.90 Å². The lowest BCUT2D eigenvalue weighted by molar-refractivity contribution is -0.122. The van der Waals surface area contributed by atoms with Gasteiger partial charge in [-0.2, -0.15) is 0 Å². The van der Waals surface area contributed by atoms with E-state index in [1.54, 1.807) is 12.1 Å². The van der Waals surface area contributed by atoms with Crippen molar-refractivity contribution in [2.24, 2.45) is 11.7 Å². The molecule has 4 N–H and O–H groups in total. The van der Waals surface area contributed by atoms with E-state index in [0.29, 0.717) is 10.8 Å². The van der Waals surface area contributed by atoms with Gasteiger partial charge in [0.15, 0.2) is 0 Å². The second-order valence-corrected chi connectivity index (χ2v) is 6.77. The molecule has 0 aromatic carbocycles. The van der Waals surface area contributed by atoms with Gasteiger partial charge in [0.25, 0.3) is 0 Å². The fourth-order valence-corrected chi connectivity index (χ4v) is 3.49. The van der Waals surface area contributed by atoms with E-state index in [9.17, 15) is 9.90 Å². The van der Waals surface area contributed by atoms with Crippen LogP contribution < -0.4 is 11.1 Å². The summed E-state index contributed by atoms with van der Waals surface area (Å²) < 4.78 is 0.636. The van der Waals surface area contributed by atoms with Crippen LogP contribution in [-0.2, 0) is 4.79 Å². The highest BCUT2D eigenvalue weighted by Crippen LogP contribution is 2.28. The highest BCUT2D eigenvalue weighted by molar-refractivity contribution is 7.16. The third-order valence-corrected chi connectivity index (χ3v) is 4.91. The maximum Gasteiger partial charge on any atom is 0.220 e. The number of carbonyl (C=O) groups is 1. The van der Waals surface area contributed by atoms with Crippen LogP contribution in [0.25, 0.3) is 0 Å². The predicted molar refractivity (Wildman–Crippen MR) is 84.5 cm³/mol. The number of amides is 1. The Balaban J connectivity index is 0.00000200. The smallest absolute Gasteiger partial charge is 0.220 e. The van der Waals surface area contributed by atoms with Gasteiger partial charge in [-0.05, 0) is 30.9 Å². The van der Waals surface area contributed by atoms with E-state index < -0.39 is 6.10 Å². The zero-order chi connectivity index (χ0) is 13.8. The van der Waals surface area contributed by atoms with Gasteiger partial charge in [0, 0.05) is 23.9 Å². The minimum Gasteiger partial charge on any atom is -0.386 e. The third-order valence-electron chi connectivity index (χ3n) is 3.58. The van der Waals surface area contributed by atoms with Crippen LogP contribution in [0.1, 0.15) is 36.7 Å². The van der Waals surface area contributed by atoms with Crippen molar-refractivity contribution in [1.82, 2.24) is 5.32 Å². The summed E-state index contributed by atoms with van der Waals surface area (Å²) >= 11 is 7.13. The van der Waals surface area contributed by atoms with Gasteiger partial charge >= 0.3 is 0 Å². The summed E-state index contributed by atoms with van der Waals surface area (Å²) in [5.74, 6) is 0.248. The Morgan fingerprint density at radius 1 is 1.55 bits per heavy atom. The molecule has 114 valence electrons. The van der Waals surface area contributed by atoms with Crippen molar-refractivity contribution in [3.05, 3.63) is 21.3 Å². The quantitative estimate of drug-likeness (QED) is 0.771. The lowest BCUT2D eigenvalue weighted by Crippen LogP contribution is -2.33. The zero-order valence-corrected chi connectivity index (χ0v) is 13.4. The average molecular weight is 339 g/mol. The average Bonchev–Trinajstić information content (AvgIpc) is 2.96. The zero-order valence-electron chi connectivity index (χ0n) is 11.0. The largest absolute Gasteiger partial charge is 0.386 e. The number of halogens is 2. The van der Waals surface area contributed by atoms with E-state index in [2.05, 4.69) is 5.32 Å². The van der Waals surface area contributed by atoms with Crippen LogP contribution >= 0.6 is 35.3 Å². The number of aliphatic hydroxyl groups excluding tert-OH is 1. The van der Waals surface area contributed by atoms with Crippen molar-refractivity contribution >= 4 is 41.3 Å². The Bertz CT molecular complexity index is 442. The van der Waals surface area contributed by atoms with Crippen LogP contribution in [-0.4, -0.2) is 23.6 Å². The van der Waals surface area contributed by atoms with Gasteiger partial charge < -0.3 is 16.2 Å². The fraction of sp³-hybridized carbons (Fsp3) is 0.615. The monoisotopic (exact) mass is 338 g/mol. The Hall–Kier alpha value is -0.330. The normalized spacial score (nSPS) is 23.1. The molecule has 2 rings (SSSR count). The predicted octanol–water partition coefficient (Wildman–Crippen LogP) is 2.49. The molecule has 7 heteroatoms. The molecule has 0 aliphatic heterocycles. The molecule has 1 aromatic heterocycles. The summed E-state index contributed by atoms with van der Waals surface area (Å²) in [5, 5.41) is 12.7. The number of hydrogen-bond acceptors (Lipinski definition) is 4. The van der Waals surface area contributed by atoms with Crippen molar-refractivity contribution in [3.8, 4) is 0 Å². The molecule has 1 amide bonds. The minimum absolute atomic E-state index is 0. The Morgan fingerprint density at radius 3 is 2.85 bits per heavy atom. The molecule has 0 bridgehead atoms. The summed E-state index contributed by atoms with van der Waals surface area (Å²) in [6.45, 7) is 0.220. The van der Waals surface area contributed by atoms with Crippen molar-refractivity contribution in [2.75, 3.05) is 6.54 Å². The minimum atomic E-state index is -0.696. The summed E-state index contributed by atoms with van der Waals surface area (Å²) in [5.41, 5.74) is 5.93. The molecule has 20 heavy (non-hydrogen) atoms. The number of nitrogens with two attached hydrogens (primary N) is 1. The maximum absolute atomic E-state index is 11.8. The summed E-state index contributed by atoms with van der Waals surface area (Å²) in [4.78, 5) is 12.6. The van der Waals surface area contributed by atoms with Crippen LogP contribution in [0, 0.1) is 5.92 Å². The van der Waals surface area contributed by atoms with Crippen LogP contribution in [0.3, 0.4) is 0 Å². The first-order valence-electron chi connectivity index (χ1n) is 6.52. The number of rotatable bonds is 5. The molecule has 1 aliphatic carbocycles. The van der Waals surface area contributed by atoms with E-state index in [1.165, 1.54) is 11.3 Å². The molecule has 1 heterocycles. The van der Waals surface area contributed by atoms with Crippen LogP contribution in [0.5, 0.6) is 0 Å². The SMILES string of the molecule is Cl.N[C@@H]1CCC[C@H]1CC(=O)NCC(O)c1ccc(Cl)s1. The Morgan fingerprint density at radius 2 is 2.30 bits per heavy atom. The first-order valence-corrected chi connectivity index (χ1v) is 7.71. The van der Waals surface area contributed by atoms with E-state index in [0.717, 1.165) is 24.1 Å². The van der Waals surface area contributed by atoms with Gasteiger partial charge in [-0.25, -0.2) is 0 Å². The molecule has 1 fully saturated rings. The highest BCUT2D eigenvalue weighted by Gasteiger charge is 2.26. The van der Waals surface area contributed by atoms with Gasteiger partial charge in [0.05, 0.1) is 4.34 Å². The molecule has 1 aliphatic rings. The topological polar surface area (TPSA) is 75.4 Å². The lowest BCUT2D eigenvalue weighted by Gasteiger charge is -2.16. The van der Waals surface area contributed by atoms with Crippen LogP contribution in [0.15, 0.2) is 12.1 Å².